The molecule has 33 heavy (non-hydrogen) atoms. The lowest BCUT2D eigenvalue weighted by Crippen LogP contribution is -2.07. The summed E-state index contributed by atoms with van der Waals surface area (Å²) in [5.74, 6) is -0.878. The van der Waals surface area contributed by atoms with Crippen LogP contribution in [-0.2, 0) is 9.59 Å². The van der Waals surface area contributed by atoms with E-state index in [4.69, 9.17) is 9.47 Å². The lowest BCUT2D eigenvalue weighted by atomic mass is 10.1. The maximum Gasteiger partial charge on any atom is 0.280 e. The van der Waals surface area contributed by atoms with Crippen LogP contribution in [0.15, 0.2) is 41.8 Å². The fourth-order valence-corrected chi connectivity index (χ4v) is 3.72. The second-order valence-electron chi connectivity index (χ2n) is 6.76. The van der Waals surface area contributed by atoms with Crippen molar-refractivity contribution in [2.45, 2.75) is 6.92 Å². The number of anilines is 2. The van der Waals surface area contributed by atoms with Gasteiger partial charge < -0.3 is 14.8 Å². The summed E-state index contributed by atoms with van der Waals surface area (Å²) in [7, 11) is 0. The summed E-state index contributed by atoms with van der Waals surface area (Å²) in [6, 6.07) is 6.84. The number of fused-ring (bicyclic) bond motifs is 1. The standard InChI is InChI=1S/C21H15FN4O6S/c1-11(27)23-13-3-4-14(15(22)7-13)16-9-33-21(24-16)25-20(28)5-2-12-6-18-19(32-10-31-18)8-17(12)26(29)30/h2-9H,10H2,1H3,(H,23,27)(H,24,25,28)/b5-2+. The molecule has 1 aromatic heterocycles. The Balaban J connectivity index is 1.47. The van der Waals surface area contributed by atoms with E-state index in [9.17, 15) is 24.1 Å². The summed E-state index contributed by atoms with van der Waals surface area (Å²) >= 11 is 1.08. The van der Waals surface area contributed by atoms with Gasteiger partial charge in [-0.15, -0.1) is 11.3 Å². The van der Waals surface area contributed by atoms with E-state index in [1.165, 1.54) is 37.3 Å². The molecule has 2 amide bonds. The highest BCUT2D eigenvalue weighted by Gasteiger charge is 2.22. The molecule has 2 N–H and O–H groups in total. The fourth-order valence-electron chi connectivity index (χ4n) is 3.01. The molecule has 168 valence electrons. The van der Waals surface area contributed by atoms with Gasteiger partial charge in [0.25, 0.3) is 5.69 Å². The molecular formula is C21H15FN4O6S. The first-order valence-corrected chi connectivity index (χ1v) is 10.3. The minimum atomic E-state index is -0.585. The minimum Gasteiger partial charge on any atom is -0.454 e. The number of aromatic nitrogens is 1. The number of halogens is 1. The van der Waals surface area contributed by atoms with Crippen molar-refractivity contribution in [2.75, 3.05) is 17.4 Å². The van der Waals surface area contributed by atoms with Crippen LogP contribution in [0, 0.1) is 15.9 Å². The van der Waals surface area contributed by atoms with Crippen LogP contribution in [-0.4, -0.2) is 28.5 Å². The van der Waals surface area contributed by atoms with E-state index < -0.39 is 16.6 Å². The number of carbonyl (C=O) groups is 2. The Bertz CT molecular complexity index is 1310. The third-order valence-corrected chi connectivity index (χ3v) is 5.19. The average molecular weight is 470 g/mol. The molecule has 0 unspecified atom stereocenters. The highest BCUT2D eigenvalue weighted by atomic mass is 32.1. The molecule has 0 radical (unpaired) electrons. The quantitative estimate of drug-likeness (QED) is 0.313. The van der Waals surface area contributed by atoms with Crippen molar-refractivity contribution in [3.8, 4) is 22.8 Å². The van der Waals surface area contributed by atoms with E-state index in [1.54, 1.807) is 11.4 Å². The first-order valence-electron chi connectivity index (χ1n) is 9.40. The summed E-state index contributed by atoms with van der Waals surface area (Å²) < 4.78 is 24.8. The molecule has 0 fully saturated rings. The van der Waals surface area contributed by atoms with Gasteiger partial charge in [-0.2, -0.15) is 0 Å². The second-order valence-corrected chi connectivity index (χ2v) is 7.62. The largest absolute Gasteiger partial charge is 0.454 e. The van der Waals surface area contributed by atoms with Crippen LogP contribution in [0.3, 0.4) is 0 Å². The van der Waals surface area contributed by atoms with Crippen LogP contribution >= 0.6 is 11.3 Å². The number of hydrogen-bond donors (Lipinski definition) is 2. The zero-order chi connectivity index (χ0) is 23.5. The molecule has 0 aliphatic carbocycles. The highest BCUT2D eigenvalue weighted by Crippen LogP contribution is 2.38. The molecule has 4 rings (SSSR count). The van der Waals surface area contributed by atoms with Crippen molar-refractivity contribution < 1.29 is 28.4 Å². The number of nitrogens with one attached hydrogen (secondary N) is 2. The lowest BCUT2D eigenvalue weighted by molar-refractivity contribution is -0.385. The van der Waals surface area contributed by atoms with E-state index >= 15 is 0 Å². The molecule has 2 heterocycles. The van der Waals surface area contributed by atoms with Crippen LogP contribution in [0.5, 0.6) is 11.5 Å². The van der Waals surface area contributed by atoms with E-state index in [1.807, 2.05) is 0 Å². The van der Waals surface area contributed by atoms with Gasteiger partial charge in [0.05, 0.1) is 22.2 Å². The van der Waals surface area contributed by atoms with Crippen LogP contribution in [0.2, 0.25) is 0 Å². The highest BCUT2D eigenvalue weighted by molar-refractivity contribution is 7.14. The van der Waals surface area contributed by atoms with Gasteiger partial charge in [0, 0.05) is 29.6 Å². The number of hydrogen-bond acceptors (Lipinski definition) is 8. The van der Waals surface area contributed by atoms with Crippen molar-refractivity contribution in [2.24, 2.45) is 0 Å². The molecule has 2 aromatic carbocycles. The van der Waals surface area contributed by atoms with Crippen molar-refractivity contribution in [3.63, 3.8) is 0 Å². The van der Waals surface area contributed by atoms with Crippen LogP contribution in [0.4, 0.5) is 20.9 Å². The SMILES string of the molecule is CC(=O)Nc1ccc(-c2csc(NC(=O)/C=C/c3cc4c(cc3[N+](=O)[O-])OCO4)n2)c(F)c1. The molecule has 0 spiro atoms. The van der Waals surface area contributed by atoms with Gasteiger partial charge in [-0.05, 0) is 30.3 Å². The molecule has 0 saturated carbocycles. The van der Waals surface area contributed by atoms with Gasteiger partial charge >= 0.3 is 0 Å². The first-order chi connectivity index (χ1) is 15.8. The lowest BCUT2D eigenvalue weighted by Gasteiger charge is -2.04. The molecule has 0 bridgehead atoms. The van der Waals surface area contributed by atoms with Gasteiger partial charge in [-0.3, -0.25) is 25.0 Å². The molecular weight excluding hydrogens is 455 g/mol. The van der Waals surface area contributed by atoms with E-state index in [0.29, 0.717) is 17.1 Å². The van der Waals surface area contributed by atoms with Crippen molar-refractivity contribution in [1.29, 1.82) is 0 Å². The number of nitro benzene ring substituents is 1. The normalized spacial score (nSPS) is 12.1. The monoisotopic (exact) mass is 470 g/mol. The van der Waals surface area contributed by atoms with Crippen molar-refractivity contribution >= 4 is 45.7 Å². The number of benzene rings is 2. The Morgan fingerprint density at radius 2 is 1.97 bits per heavy atom. The zero-order valence-corrected chi connectivity index (χ0v) is 17.8. The predicted octanol–water partition coefficient (Wildman–Crippen LogP) is 4.20. The summed E-state index contributed by atoms with van der Waals surface area (Å²) in [4.78, 5) is 38.3. The van der Waals surface area contributed by atoms with Gasteiger partial charge in [-0.1, -0.05) is 0 Å². The second kappa shape index (κ2) is 9.04. The number of carbonyl (C=O) groups excluding carboxylic acids is 2. The average Bonchev–Trinajstić information content (AvgIpc) is 3.40. The number of nitrogens with zero attached hydrogens (tertiary/aromatic N) is 2. The number of nitro groups is 1. The molecule has 0 saturated heterocycles. The number of thiazole rings is 1. The van der Waals surface area contributed by atoms with Gasteiger partial charge in [0.15, 0.2) is 16.6 Å². The maximum absolute atomic E-state index is 14.4. The predicted molar refractivity (Wildman–Crippen MR) is 119 cm³/mol. The zero-order valence-electron chi connectivity index (χ0n) is 17.0. The van der Waals surface area contributed by atoms with Gasteiger partial charge in [0.1, 0.15) is 5.82 Å². The Labute approximate surface area is 189 Å². The van der Waals surface area contributed by atoms with Crippen LogP contribution in [0.25, 0.3) is 17.3 Å². The number of amides is 2. The van der Waals surface area contributed by atoms with E-state index in [-0.39, 0.29) is 40.4 Å². The fraction of sp³-hybridized carbons (Fsp3) is 0.0952. The summed E-state index contributed by atoms with van der Waals surface area (Å²) in [6.45, 7) is 1.28. The Morgan fingerprint density at radius 3 is 2.67 bits per heavy atom. The number of ether oxygens (including phenoxy) is 2. The Hall–Kier alpha value is -4.32. The molecule has 1 aliphatic heterocycles. The molecule has 3 aromatic rings. The Kier molecular flexibility index (Phi) is 6.00. The van der Waals surface area contributed by atoms with Crippen LogP contribution in [0.1, 0.15) is 12.5 Å². The topological polar surface area (TPSA) is 133 Å². The van der Waals surface area contributed by atoms with Crippen molar-refractivity contribution in [1.82, 2.24) is 4.98 Å². The van der Waals surface area contributed by atoms with Gasteiger partial charge in [-0.25, -0.2) is 9.37 Å². The van der Waals surface area contributed by atoms with E-state index in [0.717, 1.165) is 17.4 Å². The first kappa shape index (κ1) is 21.9. The summed E-state index contributed by atoms with van der Waals surface area (Å²) in [6.07, 6.45) is 2.40. The van der Waals surface area contributed by atoms with E-state index in [2.05, 4.69) is 15.6 Å². The minimum absolute atomic E-state index is 0.0386. The van der Waals surface area contributed by atoms with Crippen LogP contribution < -0.4 is 20.1 Å². The molecule has 10 nitrogen and oxygen atoms in total. The molecule has 12 heteroatoms. The summed E-state index contributed by atoms with van der Waals surface area (Å²) in [5, 5.41) is 18.1. The number of rotatable bonds is 6. The smallest absolute Gasteiger partial charge is 0.280 e. The van der Waals surface area contributed by atoms with Gasteiger partial charge in [0.2, 0.25) is 18.6 Å². The summed E-state index contributed by atoms with van der Waals surface area (Å²) in [5.41, 5.74) is 0.749. The molecule has 1 aliphatic rings. The third kappa shape index (κ3) is 4.96. The molecule has 0 atom stereocenters. The Morgan fingerprint density at radius 1 is 1.21 bits per heavy atom. The van der Waals surface area contributed by atoms with Crippen molar-refractivity contribution in [3.05, 3.63) is 63.3 Å². The third-order valence-electron chi connectivity index (χ3n) is 4.43. The maximum atomic E-state index is 14.4.